The van der Waals surface area contributed by atoms with Gasteiger partial charge in [0.15, 0.2) is 5.75 Å². The SMILES string of the molecule is C=C(O)c1ccccc1OCl.CC. The molecule has 0 bridgehead atoms. The van der Waals surface area contributed by atoms with E-state index in [2.05, 4.69) is 10.9 Å². The van der Waals surface area contributed by atoms with E-state index >= 15 is 0 Å². The number of halogens is 1. The molecule has 2 nitrogen and oxygen atoms in total. The smallest absolute Gasteiger partial charge is 0.157 e. The molecule has 0 saturated heterocycles. The Kier molecular flexibility index (Phi) is 5.81. The predicted molar refractivity (Wildman–Crippen MR) is 55.9 cm³/mol. The molecule has 0 spiro atoms. The summed E-state index contributed by atoms with van der Waals surface area (Å²) in [6.45, 7) is 7.35. The molecular weight excluding hydrogens is 188 g/mol. The van der Waals surface area contributed by atoms with Crippen LogP contribution in [0.3, 0.4) is 0 Å². The molecule has 0 saturated carbocycles. The van der Waals surface area contributed by atoms with Gasteiger partial charge in [-0.3, -0.25) is 0 Å². The minimum Gasteiger partial charge on any atom is -0.508 e. The van der Waals surface area contributed by atoms with E-state index in [0.717, 1.165) is 0 Å². The lowest BCUT2D eigenvalue weighted by molar-refractivity contribution is 0.507. The summed E-state index contributed by atoms with van der Waals surface area (Å²) < 4.78 is 4.46. The minimum absolute atomic E-state index is 0.0544. The number of para-hydroxylation sites is 1. The fraction of sp³-hybridized carbons (Fsp3) is 0.200. The number of rotatable bonds is 2. The van der Waals surface area contributed by atoms with Crippen LogP contribution in [0.25, 0.3) is 5.76 Å². The van der Waals surface area contributed by atoms with Crippen molar-refractivity contribution in [2.24, 2.45) is 0 Å². The third-order valence-electron chi connectivity index (χ3n) is 1.28. The van der Waals surface area contributed by atoms with Gasteiger partial charge in [-0.05, 0) is 12.1 Å². The zero-order valence-corrected chi connectivity index (χ0v) is 8.51. The summed E-state index contributed by atoms with van der Waals surface area (Å²) in [5.74, 6) is 0.350. The van der Waals surface area contributed by atoms with Crippen molar-refractivity contribution in [2.45, 2.75) is 13.8 Å². The molecule has 0 heterocycles. The molecule has 3 heteroatoms. The summed E-state index contributed by atoms with van der Waals surface area (Å²) in [5.41, 5.74) is 0.502. The highest BCUT2D eigenvalue weighted by Gasteiger charge is 2.03. The van der Waals surface area contributed by atoms with Crippen LogP contribution in [-0.2, 0) is 0 Å². The Balaban J connectivity index is 0.000000671. The van der Waals surface area contributed by atoms with Crippen LogP contribution in [0.5, 0.6) is 5.75 Å². The van der Waals surface area contributed by atoms with Gasteiger partial charge in [0.1, 0.15) is 17.6 Å². The molecule has 1 aromatic rings. The molecule has 0 unspecified atom stereocenters. The lowest BCUT2D eigenvalue weighted by atomic mass is 10.2. The zero-order valence-electron chi connectivity index (χ0n) is 7.75. The Hall–Kier alpha value is -1.15. The third kappa shape index (κ3) is 3.38. The highest BCUT2D eigenvalue weighted by molar-refractivity contribution is 6.09. The summed E-state index contributed by atoms with van der Waals surface area (Å²) in [6.07, 6.45) is 0. The van der Waals surface area contributed by atoms with Crippen LogP contribution in [0.15, 0.2) is 30.8 Å². The first-order valence-electron chi connectivity index (χ1n) is 4.01. The maximum atomic E-state index is 9.00. The first kappa shape index (κ1) is 11.8. The number of aliphatic hydroxyl groups is 1. The standard InChI is InChI=1S/C8H7ClO2.C2H6/c1-6(10)7-4-2-3-5-8(7)11-9;1-2/h2-5,10H,1H2;1-2H3. The van der Waals surface area contributed by atoms with Gasteiger partial charge in [0.2, 0.25) is 0 Å². The first-order valence-corrected chi connectivity index (χ1v) is 4.32. The monoisotopic (exact) mass is 200 g/mol. The molecule has 1 N–H and O–H groups in total. The third-order valence-corrected chi connectivity index (χ3v) is 1.45. The van der Waals surface area contributed by atoms with Crippen molar-refractivity contribution >= 4 is 17.6 Å². The molecule has 0 amide bonds. The van der Waals surface area contributed by atoms with Crippen molar-refractivity contribution in [3.05, 3.63) is 36.4 Å². The van der Waals surface area contributed by atoms with Gasteiger partial charge in [-0.15, -0.1) is 0 Å². The maximum absolute atomic E-state index is 9.00. The second-order valence-electron chi connectivity index (χ2n) is 2.02. The van der Waals surface area contributed by atoms with E-state index in [9.17, 15) is 0 Å². The van der Waals surface area contributed by atoms with Gasteiger partial charge < -0.3 is 9.40 Å². The van der Waals surface area contributed by atoms with E-state index in [1.807, 2.05) is 13.8 Å². The molecule has 0 aliphatic carbocycles. The number of benzene rings is 1. The predicted octanol–water partition coefficient (Wildman–Crippen LogP) is 3.77. The molecule has 72 valence electrons. The van der Waals surface area contributed by atoms with Crippen molar-refractivity contribution < 1.29 is 9.40 Å². The molecule has 0 aliphatic heterocycles. The van der Waals surface area contributed by atoms with E-state index in [1.165, 1.54) is 0 Å². The van der Waals surface area contributed by atoms with Crippen LogP contribution in [0.4, 0.5) is 0 Å². The number of aliphatic hydroxyl groups excluding tert-OH is 1. The fourth-order valence-electron chi connectivity index (χ4n) is 0.772. The van der Waals surface area contributed by atoms with Crippen molar-refractivity contribution in [1.29, 1.82) is 0 Å². The van der Waals surface area contributed by atoms with Crippen molar-refractivity contribution in [3.63, 3.8) is 0 Å². The van der Waals surface area contributed by atoms with E-state index in [4.69, 9.17) is 17.0 Å². The van der Waals surface area contributed by atoms with E-state index in [-0.39, 0.29) is 5.76 Å². The van der Waals surface area contributed by atoms with Gasteiger partial charge in [0.25, 0.3) is 0 Å². The number of hydrogen-bond donors (Lipinski definition) is 1. The van der Waals surface area contributed by atoms with E-state index in [1.54, 1.807) is 24.3 Å². The van der Waals surface area contributed by atoms with Crippen LogP contribution in [0, 0.1) is 0 Å². The van der Waals surface area contributed by atoms with Crippen LogP contribution in [0.2, 0.25) is 0 Å². The average molecular weight is 201 g/mol. The van der Waals surface area contributed by atoms with Crippen molar-refractivity contribution in [2.75, 3.05) is 0 Å². The van der Waals surface area contributed by atoms with Gasteiger partial charge in [0.05, 0.1) is 5.56 Å². The molecule has 0 radical (unpaired) electrons. The zero-order chi connectivity index (χ0) is 10.3. The van der Waals surface area contributed by atoms with Crippen molar-refractivity contribution in [3.8, 4) is 5.75 Å². The minimum atomic E-state index is -0.0544. The Labute approximate surface area is 83.6 Å². The summed E-state index contributed by atoms with van der Waals surface area (Å²) in [6, 6.07) is 6.82. The highest BCUT2D eigenvalue weighted by atomic mass is 35.5. The second-order valence-corrected chi connectivity index (χ2v) is 2.17. The normalized spacial score (nSPS) is 8.23. The lowest BCUT2D eigenvalue weighted by Gasteiger charge is -2.02. The Morgan fingerprint density at radius 3 is 2.31 bits per heavy atom. The van der Waals surface area contributed by atoms with Crippen LogP contribution < -0.4 is 4.29 Å². The molecule has 13 heavy (non-hydrogen) atoms. The molecule has 1 aromatic carbocycles. The van der Waals surface area contributed by atoms with Gasteiger partial charge >= 0.3 is 0 Å². The Morgan fingerprint density at radius 1 is 1.38 bits per heavy atom. The van der Waals surface area contributed by atoms with Crippen LogP contribution >= 0.6 is 11.9 Å². The average Bonchev–Trinajstić information content (AvgIpc) is 2.20. The lowest BCUT2D eigenvalue weighted by Crippen LogP contribution is -1.84. The topological polar surface area (TPSA) is 29.5 Å². The quantitative estimate of drug-likeness (QED) is 0.737. The van der Waals surface area contributed by atoms with E-state index < -0.39 is 0 Å². The molecule has 0 fully saturated rings. The van der Waals surface area contributed by atoms with Crippen molar-refractivity contribution in [1.82, 2.24) is 0 Å². The largest absolute Gasteiger partial charge is 0.508 e. The Bertz CT molecular complexity index is 271. The molecular formula is C10H13ClO2. The number of hydrogen-bond acceptors (Lipinski definition) is 2. The second kappa shape index (κ2) is 6.38. The van der Waals surface area contributed by atoms with Gasteiger partial charge in [-0.2, -0.15) is 0 Å². The molecule has 0 aromatic heterocycles. The summed E-state index contributed by atoms with van der Waals surface area (Å²) in [5, 5.41) is 9.00. The summed E-state index contributed by atoms with van der Waals surface area (Å²) >= 11 is 5.12. The summed E-state index contributed by atoms with van der Waals surface area (Å²) in [4.78, 5) is 0. The molecule has 0 aliphatic rings. The summed E-state index contributed by atoms with van der Waals surface area (Å²) in [7, 11) is 0. The molecule has 1 rings (SSSR count). The van der Waals surface area contributed by atoms with Crippen LogP contribution in [0.1, 0.15) is 19.4 Å². The van der Waals surface area contributed by atoms with E-state index in [0.29, 0.717) is 11.3 Å². The van der Waals surface area contributed by atoms with Gasteiger partial charge in [0, 0.05) is 0 Å². The molecule has 0 atom stereocenters. The van der Waals surface area contributed by atoms with Crippen LogP contribution in [-0.4, -0.2) is 5.11 Å². The van der Waals surface area contributed by atoms with Gasteiger partial charge in [-0.1, -0.05) is 32.6 Å². The highest BCUT2D eigenvalue weighted by Crippen LogP contribution is 2.23. The fourth-order valence-corrected chi connectivity index (χ4v) is 0.907. The first-order chi connectivity index (χ1) is 6.25. The van der Waals surface area contributed by atoms with Gasteiger partial charge in [-0.25, -0.2) is 0 Å². The Morgan fingerprint density at radius 2 is 1.92 bits per heavy atom. The maximum Gasteiger partial charge on any atom is 0.157 e.